The van der Waals surface area contributed by atoms with Crippen LogP contribution < -0.4 is 5.32 Å². The molecule has 4 nitrogen and oxygen atoms in total. The molecule has 1 aromatic heterocycles. The lowest BCUT2D eigenvalue weighted by molar-refractivity contribution is -0.137. The van der Waals surface area contributed by atoms with Crippen LogP contribution in [0.1, 0.15) is 19.4 Å². The van der Waals surface area contributed by atoms with Gasteiger partial charge < -0.3 is 5.32 Å². The van der Waals surface area contributed by atoms with Gasteiger partial charge in [-0.2, -0.15) is 18.3 Å². The number of anilines is 1. The zero-order valence-corrected chi connectivity index (χ0v) is 16.0. The molecular formula is C14H11Cl2F3IN3O. The summed E-state index contributed by atoms with van der Waals surface area (Å²) in [5.41, 5.74) is -2.13. The Morgan fingerprint density at radius 2 is 1.79 bits per heavy atom. The molecule has 0 saturated carbocycles. The van der Waals surface area contributed by atoms with Crippen molar-refractivity contribution in [2.45, 2.75) is 25.6 Å². The van der Waals surface area contributed by atoms with E-state index in [0.717, 1.165) is 15.7 Å². The fourth-order valence-electron chi connectivity index (χ4n) is 1.91. The number of hydrogen-bond acceptors (Lipinski definition) is 2. The lowest BCUT2D eigenvalue weighted by Crippen LogP contribution is -2.40. The van der Waals surface area contributed by atoms with Crippen molar-refractivity contribution in [3.8, 4) is 0 Å². The van der Waals surface area contributed by atoms with Gasteiger partial charge in [-0.15, -0.1) is 0 Å². The highest BCUT2D eigenvalue weighted by atomic mass is 127. The summed E-state index contributed by atoms with van der Waals surface area (Å²) in [6, 6.07) is 2.02. The van der Waals surface area contributed by atoms with E-state index in [0.29, 0.717) is 0 Å². The van der Waals surface area contributed by atoms with Gasteiger partial charge in [-0.3, -0.25) is 9.48 Å². The van der Waals surface area contributed by atoms with Crippen LogP contribution in [-0.4, -0.2) is 15.7 Å². The zero-order chi connectivity index (χ0) is 18.3. The highest BCUT2D eigenvalue weighted by molar-refractivity contribution is 14.1. The van der Waals surface area contributed by atoms with Crippen LogP contribution in [0, 0.1) is 3.57 Å². The molecule has 2 aromatic rings. The number of nitrogens with zero attached hydrogens (tertiary/aromatic N) is 2. The number of nitrogens with one attached hydrogen (secondary N) is 1. The van der Waals surface area contributed by atoms with Crippen LogP contribution >= 0.6 is 45.8 Å². The minimum atomic E-state index is -4.68. The summed E-state index contributed by atoms with van der Waals surface area (Å²) in [6.07, 6.45) is -1.42. The second-order valence-electron chi connectivity index (χ2n) is 5.43. The summed E-state index contributed by atoms with van der Waals surface area (Å²) in [7, 11) is 0. The Morgan fingerprint density at radius 1 is 1.25 bits per heavy atom. The van der Waals surface area contributed by atoms with Crippen LogP contribution in [-0.2, 0) is 16.5 Å². The molecule has 10 heteroatoms. The molecule has 0 aliphatic rings. The molecule has 0 unspecified atom stereocenters. The minimum absolute atomic E-state index is 0.0675. The fourth-order valence-corrected chi connectivity index (χ4v) is 3.00. The maximum absolute atomic E-state index is 12.8. The molecule has 1 amide bonds. The molecule has 0 bridgehead atoms. The molecule has 130 valence electrons. The highest BCUT2D eigenvalue weighted by Gasteiger charge is 2.37. The second-order valence-corrected chi connectivity index (χ2v) is 7.49. The fraction of sp³-hybridized carbons (Fsp3) is 0.286. The number of carbonyl (C=O) groups excluding carboxylic acids is 1. The molecule has 0 spiro atoms. The zero-order valence-electron chi connectivity index (χ0n) is 12.4. The van der Waals surface area contributed by atoms with Crippen LogP contribution in [0.4, 0.5) is 18.9 Å². The Bertz CT molecular complexity index is 767. The van der Waals surface area contributed by atoms with Gasteiger partial charge in [0, 0.05) is 11.9 Å². The molecule has 2 rings (SSSR count). The number of carbonyl (C=O) groups is 1. The van der Waals surface area contributed by atoms with Crippen LogP contribution in [0.15, 0.2) is 24.5 Å². The Hall–Kier alpha value is -1.00. The lowest BCUT2D eigenvalue weighted by atomic mass is 10.0. The molecule has 0 aliphatic heterocycles. The summed E-state index contributed by atoms with van der Waals surface area (Å²) in [4.78, 5) is 12.5. The molecule has 1 N–H and O–H groups in total. The summed E-state index contributed by atoms with van der Waals surface area (Å²) < 4.78 is 40.8. The van der Waals surface area contributed by atoms with Crippen LogP contribution in [0.3, 0.4) is 0 Å². The second kappa shape index (κ2) is 6.72. The first-order valence-corrected chi connectivity index (χ1v) is 8.34. The van der Waals surface area contributed by atoms with E-state index in [1.807, 2.05) is 0 Å². The average molecular weight is 492 g/mol. The molecule has 0 fully saturated rings. The van der Waals surface area contributed by atoms with E-state index in [4.69, 9.17) is 23.2 Å². The number of aromatic nitrogens is 2. The van der Waals surface area contributed by atoms with Gasteiger partial charge in [-0.05, 0) is 48.6 Å². The molecule has 1 aromatic carbocycles. The van der Waals surface area contributed by atoms with Gasteiger partial charge in [0.15, 0.2) is 0 Å². The van der Waals surface area contributed by atoms with Crippen molar-refractivity contribution in [1.82, 2.24) is 9.78 Å². The SMILES string of the molecule is CC(C)(C(=O)Nc1cc(Cl)c(C(F)(F)F)c(Cl)c1)n1cc(I)cn1. The Balaban J connectivity index is 2.30. The molecule has 0 atom stereocenters. The predicted molar refractivity (Wildman–Crippen MR) is 94.4 cm³/mol. The van der Waals surface area contributed by atoms with Gasteiger partial charge in [0.05, 0.1) is 25.4 Å². The summed E-state index contributed by atoms with van der Waals surface area (Å²) >= 11 is 13.4. The van der Waals surface area contributed by atoms with Gasteiger partial charge >= 0.3 is 6.18 Å². The molecule has 24 heavy (non-hydrogen) atoms. The molecular weight excluding hydrogens is 481 g/mol. The first kappa shape index (κ1) is 19.3. The van der Waals surface area contributed by atoms with Crippen LogP contribution in [0.25, 0.3) is 0 Å². The number of amides is 1. The Kier molecular flexibility index (Phi) is 5.41. The quantitative estimate of drug-likeness (QED) is 0.601. The van der Waals surface area contributed by atoms with Crippen molar-refractivity contribution in [3.05, 3.63) is 43.7 Å². The van der Waals surface area contributed by atoms with E-state index in [2.05, 4.69) is 33.0 Å². The third-order valence-corrected chi connectivity index (χ3v) is 4.42. The van der Waals surface area contributed by atoms with E-state index >= 15 is 0 Å². The Morgan fingerprint density at radius 3 is 2.21 bits per heavy atom. The number of hydrogen-bond donors (Lipinski definition) is 1. The van der Waals surface area contributed by atoms with E-state index < -0.39 is 33.2 Å². The van der Waals surface area contributed by atoms with Crippen LogP contribution in [0.5, 0.6) is 0 Å². The number of alkyl halides is 3. The third kappa shape index (κ3) is 3.97. The normalized spacial score (nSPS) is 12.3. The van der Waals surface area contributed by atoms with Crippen LogP contribution in [0.2, 0.25) is 10.0 Å². The summed E-state index contributed by atoms with van der Waals surface area (Å²) in [6.45, 7) is 3.25. The van der Waals surface area contributed by atoms with Crippen molar-refractivity contribution in [1.29, 1.82) is 0 Å². The number of rotatable bonds is 3. The van der Waals surface area contributed by atoms with Crippen molar-refractivity contribution in [2.75, 3.05) is 5.32 Å². The minimum Gasteiger partial charge on any atom is -0.324 e. The van der Waals surface area contributed by atoms with E-state index in [1.54, 1.807) is 26.2 Å². The van der Waals surface area contributed by atoms with Gasteiger partial charge in [0.2, 0.25) is 0 Å². The molecule has 0 aliphatic carbocycles. The van der Waals surface area contributed by atoms with Crippen molar-refractivity contribution < 1.29 is 18.0 Å². The van der Waals surface area contributed by atoms with Crippen molar-refractivity contribution in [3.63, 3.8) is 0 Å². The first-order chi connectivity index (χ1) is 10.9. The maximum Gasteiger partial charge on any atom is 0.419 e. The number of halogens is 6. The topological polar surface area (TPSA) is 46.9 Å². The molecule has 0 saturated heterocycles. The van der Waals surface area contributed by atoms with Gasteiger partial charge in [0.25, 0.3) is 5.91 Å². The lowest BCUT2D eigenvalue weighted by Gasteiger charge is -2.24. The molecule has 0 radical (unpaired) electrons. The Labute approximate surface area is 159 Å². The van der Waals surface area contributed by atoms with Crippen molar-refractivity contribution in [2.24, 2.45) is 0 Å². The standard InChI is InChI=1S/C14H11Cl2F3IN3O/c1-13(2,23-6-7(20)5-21-23)12(24)22-8-3-9(15)11(10(16)4-8)14(17,18)19/h3-6H,1-2H3,(H,22,24). The predicted octanol–water partition coefficient (Wildman–Crippen LogP) is 5.19. The number of benzene rings is 1. The third-order valence-electron chi connectivity index (χ3n) is 3.26. The van der Waals surface area contributed by atoms with Gasteiger partial charge in [-0.1, -0.05) is 23.2 Å². The monoisotopic (exact) mass is 491 g/mol. The smallest absolute Gasteiger partial charge is 0.324 e. The van der Waals surface area contributed by atoms with Crippen molar-refractivity contribution >= 4 is 57.4 Å². The van der Waals surface area contributed by atoms with E-state index in [1.165, 1.54) is 4.68 Å². The maximum atomic E-state index is 12.8. The summed E-state index contributed by atoms with van der Waals surface area (Å²) in [5.74, 6) is -0.478. The molecule has 1 heterocycles. The average Bonchev–Trinajstić information content (AvgIpc) is 2.83. The first-order valence-electron chi connectivity index (χ1n) is 6.51. The largest absolute Gasteiger partial charge is 0.419 e. The van der Waals surface area contributed by atoms with E-state index in [-0.39, 0.29) is 5.69 Å². The summed E-state index contributed by atoms with van der Waals surface area (Å²) in [5, 5.41) is 5.42. The van der Waals surface area contributed by atoms with Gasteiger partial charge in [0.1, 0.15) is 5.54 Å². The van der Waals surface area contributed by atoms with E-state index in [9.17, 15) is 18.0 Å². The highest BCUT2D eigenvalue weighted by Crippen LogP contribution is 2.41. The van der Waals surface area contributed by atoms with Gasteiger partial charge in [-0.25, -0.2) is 0 Å².